The van der Waals surface area contributed by atoms with Gasteiger partial charge in [-0.3, -0.25) is 19.4 Å². The van der Waals surface area contributed by atoms with Crippen LogP contribution in [-0.4, -0.2) is 41.2 Å². The first-order valence-corrected chi connectivity index (χ1v) is 3.62. The van der Waals surface area contributed by atoms with Gasteiger partial charge in [0, 0.05) is 26.9 Å². The predicted octanol–water partition coefficient (Wildman–Crippen LogP) is -0.183. The molecular weight excluding hydrogens is 160 g/mol. The highest BCUT2D eigenvalue weighted by Crippen LogP contribution is 2.07. The summed E-state index contributed by atoms with van der Waals surface area (Å²) in [4.78, 5) is 35.0. The molecule has 66 valence electrons. The standard InChI is InChI=1S/C7H10N2O3/c1-5(10)9-4-3-6(11)8(2)7(9)12/h3-4H2,1-2H3. The number of imide groups is 2. The number of nitrogens with zero attached hydrogens (tertiary/aromatic N) is 2. The van der Waals surface area contributed by atoms with E-state index < -0.39 is 6.03 Å². The van der Waals surface area contributed by atoms with Crippen LogP contribution in [0.2, 0.25) is 0 Å². The van der Waals surface area contributed by atoms with E-state index >= 15 is 0 Å². The van der Waals surface area contributed by atoms with Crippen molar-refractivity contribution in [1.29, 1.82) is 0 Å². The first-order valence-electron chi connectivity index (χ1n) is 3.62. The van der Waals surface area contributed by atoms with Crippen molar-refractivity contribution in [3.05, 3.63) is 0 Å². The van der Waals surface area contributed by atoms with Crippen LogP contribution in [0.25, 0.3) is 0 Å². The fourth-order valence-electron chi connectivity index (χ4n) is 1.05. The van der Waals surface area contributed by atoms with Crippen molar-refractivity contribution < 1.29 is 14.4 Å². The molecule has 4 amide bonds. The highest BCUT2D eigenvalue weighted by Gasteiger charge is 2.30. The van der Waals surface area contributed by atoms with Gasteiger partial charge in [0.1, 0.15) is 0 Å². The van der Waals surface area contributed by atoms with Crippen molar-refractivity contribution in [2.45, 2.75) is 13.3 Å². The molecule has 0 aromatic carbocycles. The molecule has 1 aliphatic heterocycles. The summed E-state index contributed by atoms with van der Waals surface area (Å²) in [6, 6.07) is -0.529. The molecule has 1 fully saturated rings. The van der Waals surface area contributed by atoms with Crippen LogP contribution in [0.1, 0.15) is 13.3 Å². The fourth-order valence-corrected chi connectivity index (χ4v) is 1.05. The van der Waals surface area contributed by atoms with Crippen molar-refractivity contribution in [3.63, 3.8) is 0 Å². The van der Waals surface area contributed by atoms with Crippen LogP contribution in [0.15, 0.2) is 0 Å². The lowest BCUT2D eigenvalue weighted by Crippen LogP contribution is -2.51. The maximum absolute atomic E-state index is 11.2. The first-order chi connectivity index (χ1) is 5.54. The third-order valence-corrected chi connectivity index (χ3v) is 1.82. The van der Waals surface area contributed by atoms with Crippen molar-refractivity contribution in [2.75, 3.05) is 13.6 Å². The van der Waals surface area contributed by atoms with Crippen molar-refractivity contribution in [3.8, 4) is 0 Å². The van der Waals surface area contributed by atoms with Gasteiger partial charge >= 0.3 is 6.03 Å². The maximum atomic E-state index is 11.2. The van der Waals surface area contributed by atoms with E-state index in [0.717, 1.165) is 9.80 Å². The molecule has 0 aromatic rings. The van der Waals surface area contributed by atoms with Crippen LogP contribution in [0.3, 0.4) is 0 Å². The third-order valence-electron chi connectivity index (χ3n) is 1.82. The molecule has 0 spiro atoms. The average Bonchev–Trinajstić information content (AvgIpc) is 2.00. The lowest BCUT2D eigenvalue weighted by atomic mass is 10.3. The Morgan fingerprint density at radius 3 is 2.50 bits per heavy atom. The van der Waals surface area contributed by atoms with Crippen LogP contribution in [0.4, 0.5) is 4.79 Å². The number of rotatable bonds is 0. The van der Waals surface area contributed by atoms with E-state index in [1.165, 1.54) is 14.0 Å². The number of hydrogen-bond acceptors (Lipinski definition) is 3. The molecule has 0 saturated carbocycles. The molecule has 0 radical (unpaired) electrons. The summed E-state index contributed by atoms with van der Waals surface area (Å²) in [6.07, 6.45) is 0.224. The lowest BCUT2D eigenvalue weighted by Gasteiger charge is -2.29. The second-order valence-corrected chi connectivity index (χ2v) is 2.66. The molecule has 1 saturated heterocycles. The smallest absolute Gasteiger partial charge is 0.275 e. The number of hydrogen-bond donors (Lipinski definition) is 0. The minimum absolute atomic E-state index is 0.206. The van der Waals surface area contributed by atoms with Gasteiger partial charge in [-0.15, -0.1) is 0 Å². The molecule has 1 aliphatic rings. The zero-order valence-electron chi connectivity index (χ0n) is 7.03. The summed E-state index contributed by atoms with van der Waals surface area (Å²) >= 11 is 0. The largest absolute Gasteiger partial charge is 0.333 e. The predicted molar refractivity (Wildman–Crippen MR) is 40.2 cm³/mol. The molecule has 0 unspecified atom stereocenters. The highest BCUT2D eigenvalue weighted by atomic mass is 16.2. The molecule has 5 heteroatoms. The second-order valence-electron chi connectivity index (χ2n) is 2.66. The summed E-state index contributed by atoms with van der Waals surface area (Å²) in [5, 5.41) is 0. The molecule has 0 atom stereocenters. The average molecular weight is 170 g/mol. The summed E-state index contributed by atoms with van der Waals surface area (Å²) in [6.45, 7) is 1.51. The highest BCUT2D eigenvalue weighted by molar-refractivity contribution is 6.03. The zero-order chi connectivity index (χ0) is 9.30. The van der Waals surface area contributed by atoms with Gasteiger partial charge in [0.2, 0.25) is 11.8 Å². The van der Waals surface area contributed by atoms with Crippen LogP contribution in [0, 0.1) is 0 Å². The topological polar surface area (TPSA) is 57.7 Å². The van der Waals surface area contributed by atoms with E-state index in [0.29, 0.717) is 0 Å². The van der Waals surface area contributed by atoms with Gasteiger partial charge in [-0.25, -0.2) is 4.79 Å². The Balaban J connectivity index is 2.78. The number of carbonyl (C=O) groups is 3. The van der Waals surface area contributed by atoms with Crippen molar-refractivity contribution in [1.82, 2.24) is 9.80 Å². The minimum Gasteiger partial charge on any atom is -0.275 e. The minimum atomic E-state index is -0.529. The summed E-state index contributed by atoms with van der Waals surface area (Å²) in [5.74, 6) is -0.558. The third kappa shape index (κ3) is 1.30. The van der Waals surface area contributed by atoms with Crippen molar-refractivity contribution >= 4 is 17.8 Å². The first kappa shape index (κ1) is 8.70. The molecule has 12 heavy (non-hydrogen) atoms. The quantitative estimate of drug-likeness (QED) is 0.506. The molecular formula is C7H10N2O3. The molecule has 0 aromatic heterocycles. The Morgan fingerprint density at radius 2 is 2.00 bits per heavy atom. The molecule has 0 bridgehead atoms. The van der Waals surface area contributed by atoms with Gasteiger partial charge < -0.3 is 0 Å². The molecule has 1 rings (SSSR count). The number of urea groups is 1. The summed E-state index contributed by atoms with van der Waals surface area (Å²) < 4.78 is 0. The SMILES string of the molecule is CC(=O)N1CCC(=O)N(C)C1=O. The lowest BCUT2D eigenvalue weighted by molar-refractivity contribution is -0.134. The van der Waals surface area contributed by atoms with Gasteiger partial charge in [-0.05, 0) is 0 Å². The van der Waals surface area contributed by atoms with Gasteiger partial charge in [0.15, 0.2) is 0 Å². The van der Waals surface area contributed by atoms with E-state index in [9.17, 15) is 14.4 Å². The van der Waals surface area contributed by atoms with Gasteiger partial charge in [0.25, 0.3) is 0 Å². The fraction of sp³-hybridized carbons (Fsp3) is 0.571. The Bertz CT molecular complexity index is 249. The summed E-state index contributed by atoms with van der Waals surface area (Å²) in [5.41, 5.74) is 0. The molecule has 5 nitrogen and oxygen atoms in total. The number of amides is 4. The van der Waals surface area contributed by atoms with E-state index in [2.05, 4.69) is 0 Å². The summed E-state index contributed by atoms with van der Waals surface area (Å²) in [7, 11) is 1.37. The van der Waals surface area contributed by atoms with E-state index in [1.54, 1.807) is 0 Å². The normalized spacial score (nSPS) is 18.5. The monoisotopic (exact) mass is 170 g/mol. The molecule has 0 N–H and O–H groups in total. The van der Waals surface area contributed by atoms with E-state index in [-0.39, 0.29) is 24.8 Å². The van der Waals surface area contributed by atoms with E-state index in [1.807, 2.05) is 0 Å². The van der Waals surface area contributed by atoms with E-state index in [4.69, 9.17) is 0 Å². The van der Waals surface area contributed by atoms with Crippen LogP contribution < -0.4 is 0 Å². The van der Waals surface area contributed by atoms with Crippen LogP contribution >= 0.6 is 0 Å². The van der Waals surface area contributed by atoms with Gasteiger partial charge in [-0.1, -0.05) is 0 Å². The van der Waals surface area contributed by atoms with Crippen molar-refractivity contribution in [2.24, 2.45) is 0 Å². The Labute approximate surface area is 69.9 Å². The van der Waals surface area contributed by atoms with Crippen LogP contribution in [0.5, 0.6) is 0 Å². The Kier molecular flexibility index (Phi) is 2.12. The molecule has 1 heterocycles. The maximum Gasteiger partial charge on any atom is 0.333 e. The second kappa shape index (κ2) is 2.92. The van der Waals surface area contributed by atoms with Gasteiger partial charge in [0.05, 0.1) is 0 Å². The van der Waals surface area contributed by atoms with Gasteiger partial charge in [-0.2, -0.15) is 0 Å². The Hall–Kier alpha value is -1.39. The number of carbonyl (C=O) groups excluding carboxylic acids is 3. The molecule has 0 aliphatic carbocycles. The Morgan fingerprint density at radius 1 is 1.42 bits per heavy atom. The van der Waals surface area contributed by atoms with Crippen LogP contribution in [-0.2, 0) is 9.59 Å². The zero-order valence-corrected chi connectivity index (χ0v) is 7.03.